The quantitative estimate of drug-likeness (QED) is 0.432. The molecule has 0 aliphatic carbocycles. The topological polar surface area (TPSA) is 101 Å². The molecule has 9 heteroatoms. The molecule has 1 amide bonds. The molecule has 4 aliphatic heterocycles. The van der Waals surface area contributed by atoms with Gasteiger partial charge in [0.1, 0.15) is 12.0 Å². The number of allylic oxidation sites excluding steroid dienone is 1. The molecule has 0 saturated carbocycles. The lowest BCUT2D eigenvalue weighted by atomic mass is 9.85. The Morgan fingerprint density at radius 2 is 2.00 bits per heavy atom. The van der Waals surface area contributed by atoms with Gasteiger partial charge >= 0.3 is 0 Å². The summed E-state index contributed by atoms with van der Waals surface area (Å²) in [6.45, 7) is 3.08. The molecule has 6 unspecified atom stereocenters. The average Bonchev–Trinajstić information content (AvgIpc) is 3.09. The van der Waals surface area contributed by atoms with Gasteiger partial charge in [-0.3, -0.25) is 25.8 Å². The van der Waals surface area contributed by atoms with Gasteiger partial charge in [-0.25, -0.2) is 0 Å². The zero-order valence-corrected chi connectivity index (χ0v) is 19.5. The standard InChI is InChI=1S/C24H36N6O3/c1-24(32)13-4-3-5-14-29-22(31)18-15-25-23(26-16-9-11-17(33-2)12-10-16)28-21(18)30(29)20-8-6-7-19(24)27-20/h3,5,9-12,18-21,23,25-28,32H,4,6-8,13-15H2,1-2H3/b5-3-. The number of nitrogens with zero attached hydrogens (tertiary/aromatic N) is 2. The Labute approximate surface area is 195 Å². The molecule has 1 aromatic carbocycles. The van der Waals surface area contributed by atoms with Gasteiger partial charge in [0.2, 0.25) is 5.91 Å². The predicted octanol–water partition coefficient (Wildman–Crippen LogP) is 1.15. The van der Waals surface area contributed by atoms with Crippen molar-refractivity contribution in [3.05, 3.63) is 36.4 Å². The van der Waals surface area contributed by atoms with Gasteiger partial charge < -0.3 is 15.2 Å². The highest BCUT2D eigenvalue weighted by Crippen LogP contribution is 2.34. The zero-order chi connectivity index (χ0) is 23.0. The molecule has 180 valence electrons. The summed E-state index contributed by atoms with van der Waals surface area (Å²) in [5.74, 6) is 0.785. The van der Waals surface area contributed by atoms with E-state index in [-0.39, 0.29) is 36.5 Å². The number of amides is 1. The van der Waals surface area contributed by atoms with Crippen LogP contribution in [0.3, 0.4) is 0 Å². The second-order valence-corrected chi connectivity index (χ2v) is 9.77. The van der Waals surface area contributed by atoms with Gasteiger partial charge in [0.25, 0.3) is 0 Å². The van der Waals surface area contributed by atoms with E-state index in [2.05, 4.69) is 38.4 Å². The number of methoxy groups -OCH3 is 1. The maximum atomic E-state index is 13.4. The molecule has 33 heavy (non-hydrogen) atoms. The summed E-state index contributed by atoms with van der Waals surface area (Å²) >= 11 is 0. The number of fused-ring (bicyclic) bond motifs is 6. The van der Waals surface area contributed by atoms with Crippen LogP contribution in [0.1, 0.15) is 39.0 Å². The Hall–Kier alpha value is -2.17. The molecule has 0 spiro atoms. The minimum absolute atomic E-state index is 0.00656. The van der Waals surface area contributed by atoms with E-state index in [1.165, 1.54) is 0 Å². The third kappa shape index (κ3) is 4.48. The summed E-state index contributed by atoms with van der Waals surface area (Å²) in [5.41, 5.74) is 0.189. The van der Waals surface area contributed by atoms with Crippen molar-refractivity contribution in [1.29, 1.82) is 0 Å². The van der Waals surface area contributed by atoms with Crippen molar-refractivity contribution in [2.75, 3.05) is 25.5 Å². The van der Waals surface area contributed by atoms with Crippen LogP contribution in [0.25, 0.3) is 0 Å². The van der Waals surface area contributed by atoms with Gasteiger partial charge in [-0.1, -0.05) is 12.2 Å². The number of hydrogen-bond donors (Lipinski definition) is 5. The number of carbonyl (C=O) groups excluding carboxylic acids is 1. The number of aliphatic hydroxyl groups is 1. The Bertz CT molecular complexity index is 875. The number of anilines is 1. The molecule has 1 aromatic rings. The Balaban J connectivity index is 1.37. The van der Waals surface area contributed by atoms with Crippen LogP contribution in [0.4, 0.5) is 5.69 Å². The third-order valence-electron chi connectivity index (χ3n) is 7.49. The van der Waals surface area contributed by atoms with Crippen LogP contribution in [0.2, 0.25) is 0 Å². The van der Waals surface area contributed by atoms with E-state index >= 15 is 0 Å². The van der Waals surface area contributed by atoms with Gasteiger partial charge in [0.05, 0.1) is 37.5 Å². The molecule has 3 saturated heterocycles. The van der Waals surface area contributed by atoms with E-state index in [0.29, 0.717) is 19.5 Å². The molecular weight excluding hydrogens is 420 g/mol. The van der Waals surface area contributed by atoms with E-state index in [1.807, 2.05) is 36.2 Å². The van der Waals surface area contributed by atoms with Crippen molar-refractivity contribution in [2.45, 2.75) is 69.3 Å². The third-order valence-corrected chi connectivity index (χ3v) is 7.49. The Morgan fingerprint density at radius 1 is 1.18 bits per heavy atom. The van der Waals surface area contributed by atoms with Gasteiger partial charge in [-0.05, 0) is 63.3 Å². The molecule has 0 radical (unpaired) electrons. The van der Waals surface area contributed by atoms with Crippen LogP contribution in [-0.2, 0) is 4.79 Å². The molecule has 9 nitrogen and oxygen atoms in total. The van der Waals surface area contributed by atoms with Crippen molar-refractivity contribution >= 4 is 11.6 Å². The highest BCUT2D eigenvalue weighted by Gasteiger charge is 2.52. The summed E-state index contributed by atoms with van der Waals surface area (Å²) in [6.07, 6.45) is 8.26. The maximum Gasteiger partial charge on any atom is 0.244 e. The van der Waals surface area contributed by atoms with Crippen LogP contribution in [-0.4, -0.2) is 71.5 Å². The lowest BCUT2D eigenvalue weighted by Crippen LogP contribution is -2.69. The molecule has 0 aromatic heterocycles. The number of benzene rings is 1. The first kappa shape index (κ1) is 22.6. The van der Waals surface area contributed by atoms with E-state index in [1.54, 1.807) is 7.11 Å². The fraction of sp³-hybridized carbons (Fsp3) is 0.625. The minimum Gasteiger partial charge on any atom is -0.497 e. The largest absolute Gasteiger partial charge is 0.497 e. The Kier molecular flexibility index (Phi) is 6.32. The Morgan fingerprint density at radius 3 is 2.79 bits per heavy atom. The SMILES string of the molecule is COc1ccc(NC2NCC3C(=O)N4C/C=C\CCC(C)(O)C5CCCC(N5)N4C3N2)cc1. The molecule has 4 heterocycles. The second kappa shape index (κ2) is 9.23. The smallest absolute Gasteiger partial charge is 0.244 e. The number of hydrogen-bond acceptors (Lipinski definition) is 8. The summed E-state index contributed by atoms with van der Waals surface area (Å²) in [6, 6.07) is 7.81. The van der Waals surface area contributed by atoms with E-state index in [0.717, 1.165) is 37.1 Å². The molecular formula is C24H36N6O3. The van der Waals surface area contributed by atoms with Gasteiger partial charge in [0.15, 0.2) is 0 Å². The first-order valence-corrected chi connectivity index (χ1v) is 12.1. The number of rotatable bonds is 3. The molecule has 5 rings (SSSR count). The lowest BCUT2D eigenvalue weighted by Gasteiger charge is -2.47. The number of nitrogens with one attached hydrogen (secondary N) is 4. The number of carbonyl (C=O) groups is 1. The number of ether oxygens (including phenoxy) is 1. The molecule has 5 N–H and O–H groups in total. The first-order valence-electron chi connectivity index (χ1n) is 12.1. The minimum atomic E-state index is -0.776. The van der Waals surface area contributed by atoms with Gasteiger partial charge in [-0.2, -0.15) is 5.01 Å². The lowest BCUT2D eigenvalue weighted by molar-refractivity contribution is -0.146. The summed E-state index contributed by atoms with van der Waals surface area (Å²) in [7, 11) is 1.66. The van der Waals surface area contributed by atoms with E-state index < -0.39 is 5.60 Å². The average molecular weight is 457 g/mol. The highest BCUT2D eigenvalue weighted by molar-refractivity contribution is 5.82. The van der Waals surface area contributed by atoms with Crippen molar-refractivity contribution in [3.8, 4) is 5.75 Å². The number of piperidine rings is 1. The monoisotopic (exact) mass is 456 g/mol. The van der Waals surface area contributed by atoms with Crippen LogP contribution in [0.5, 0.6) is 5.75 Å². The predicted molar refractivity (Wildman–Crippen MR) is 126 cm³/mol. The zero-order valence-electron chi connectivity index (χ0n) is 19.5. The fourth-order valence-electron chi connectivity index (χ4n) is 5.59. The molecule has 2 bridgehead atoms. The van der Waals surface area contributed by atoms with Crippen molar-refractivity contribution < 1.29 is 14.6 Å². The first-order chi connectivity index (χ1) is 16.0. The summed E-state index contributed by atoms with van der Waals surface area (Å²) in [4.78, 5) is 13.4. The van der Waals surface area contributed by atoms with Crippen LogP contribution < -0.4 is 26.0 Å². The normalized spacial score (nSPS) is 38.1. The van der Waals surface area contributed by atoms with Crippen LogP contribution >= 0.6 is 0 Å². The van der Waals surface area contributed by atoms with Crippen molar-refractivity contribution in [3.63, 3.8) is 0 Å². The van der Waals surface area contributed by atoms with Crippen molar-refractivity contribution in [2.24, 2.45) is 5.92 Å². The van der Waals surface area contributed by atoms with E-state index in [4.69, 9.17) is 4.74 Å². The van der Waals surface area contributed by atoms with Gasteiger partial charge in [0, 0.05) is 18.3 Å². The molecule has 4 aliphatic rings. The van der Waals surface area contributed by atoms with Crippen LogP contribution in [0.15, 0.2) is 36.4 Å². The van der Waals surface area contributed by atoms with Gasteiger partial charge in [-0.15, -0.1) is 0 Å². The summed E-state index contributed by atoms with van der Waals surface area (Å²) < 4.78 is 5.25. The van der Waals surface area contributed by atoms with E-state index in [9.17, 15) is 9.90 Å². The highest BCUT2D eigenvalue weighted by atomic mass is 16.5. The molecule has 6 atom stereocenters. The summed E-state index contributed by atoms with van der Waals surface area (Å²) in [5, 5.41) is 29.5. The van der Waals surface area contributed by atoms with Crippen LogP contribution in [0, 0.1) is 5.92 Å². The fourth-order valence-corrected chi connectivity index (χ4v) is 5.59. The maximum absolute atomic E-state index is 13.4. The van der Waals surface area contributed by atoms with Crippen molar-refractivity contribution in [1.82, 2.24) is 26.0 Å². The second-order valence-electron chi connectivity index (χ2n) is 9.77. The number of hydrazine groups is 1. The molecule has 3 fully saturated rings.